The predicted molar refractivity (Wildman–Crippen MR) is 52.4 cm³/mol. The predicted octanol–water partition coefficient (Wildman–Crippen LogP) is 2.76. The van der Waals surface area contributed by atoms with Crippen molar-refractivity contribution in [2.24, 2.45) is 11.8 Å². The monoisotopic (exact) mass is 184 g/mol. The summed E-state index contributed by atoms with van der Waals surface area (Å²) in [5, 5.41) is 0. The van der Waals surface area contributed by atoms with E-state index in [9.17, 15) is 4.79 Å². The van der Waals surface area contributed by atoms with Gasteiger partial charge in [0.15, 0.2) is 0 Å². The fraction of sp³-hybridized carbons (Fsp3) is 0.909. The summed E-state index contributed by atoms with van der Waals surface area (Å²) in [5.74, 6) is 0.790. The quantitative estimate of drug-likeness (QED) is 0.630. The molecule has 1 fully saturated rings. The van der Waals surface area contributed by atoms with Crippen molar-refractivity contribution in [3.05, 3.63) is 0 Å². The van der Waals surface area contributed by atoms with Gasteiger partial charge in [-0.3, -0.25) is 4.79 Å². The summed E-state index contributed by atoms with van der Waals surface area (Å²) in [5.41, 5.74) is 0. The Labute approximate surface area is 80.7 Å². The van der Waals surface area contributed by atoms with Gasteiger partial charge >= 0.3 is 5.97 Å². The molecule has 0 N–H and O–H groups in total. The molecular formula is C11H20O2. The van der Waals surface area contributed by atoms with E-state index in [4.69, 9.17) is 4.74 Å². The molecule has 0 aromatic rings. The van der Waals surface area contributed by atoms with Crippen molar-refractivity contribution in [3.63, 3.8) is 0 Å². The van der Waals surface area contributed by atoms with E-state index >= 15 is 0 Å². The van der Waals surface area contributed by atoms with Crippen molar-refractivity contribution in [2.45, 2.75) is 52.6 Å². The first kappa shape index (κ1) is 10.6. The standard InChI is InChI=1S/C11H20O2/c1-4-9-6-5-7-10(9)11(12)13-8(2)3/h8-10H,4-7H2,1-3H3. The zero-order chi connectivity index (χ0) is 9.84. The lowest BCUT2D eigenvalue weighted by molar-refractivity contribution is -0.153. The molecule has 0 saturated heterocycles. The highest BCUT2D eigenvalue weighted by Crippen LogP contribution is 2.34. The van der Waals surface area contributed by atoms with Crippen LogP contribution in [0.4, 0.5) is 0 Å². The van der Waals surface area contributed by atoms with Gasteiger partial charge in [0.1, 0.15) is 0 Å². The molecule has 0 radical (unpaired) electrons. The van der Waals surface area contributed by atoms with Crippen LogP contribution >= 0.6 is 0 Å². The fourth-order valence-electron chi connectivity index (χ4n) is 2.16. The first-order valence-corrected chi connectivity index (χ1v) is 5.35. The molecule has 2 heteroatoms. The molecule has 13 heavy (non-hydrogen) atoms. The zero-order valence-corrected chi connectivity index (χ0v) is 8.88. The molecule has 0 aliphatic heterocycles. The SMILES string of the molecule is CCC1CCCC1C(=O)OC(C)C. The molecule has 1 aliphatic rings. The van der Waals surface area contributed by atoms with E-state index in [0.29, 0.717) is 5.92 Å². The molecule has 2 atom stereocenters. The average molecular weight is 184 g/mol. The van der Waals surface area contributed by atoms with Gasteiger partial charge in [0.2, 0.25) is 0 Å². The second-order valence-corrected chi connectivity index (χ2v) is 4.19. The molecule has 0 heterocycles. The third kappa shape index (κ3) is 2.71. The average Bonchev–Trinajstić information content (AvgIpc) is 2.49. The maximum atomic E-state index is 11.6. The first-order valence-electron chi connectivity index (χ1n) is 5.35. The van der Waals surface area contributed by atoms with Crippen LogP contribution in [0.5, 0.6) is 0 Å². The minimum atomic E-state index is 0.0272. The number of hydrogen-bond donors (Lipinski definition) is 0. The van der Waals surface area contributed by atoms with Crippen LogP contribution in [0.1, 0.15) is 46.5 Å². The molecule has 0 bridgehead atoms. The normalized spacial score (nSPS) is 28.0. The largest absolute Gasteiger partial charge is 0.463 e. The third-order valence-corrected chi connectivity index (χ3v) is 2.84. The van der Waals surface area contributed by atoms with Crippen LogP contribution in [0.2, 0.25) is 0 Å². The Kier molecular flexibility index (Phi) is 3.76. The van der Waals surface area contributed by atoms with Gasteiger partial charge in [-0.15, -0.1) is 0 Å². The van der Waals surface area contributed by atoms with E-state index in [1.807, 2.05) is 13.8 Å². The lowest BCUT2D eigenvalue weighted by atomic mass is 9.94. The first-order chi connectivity index (χ1) is 6.15. The van der Waals surface area contributed by atoms with Gasteiger partial charge in [-0.1, -0.05) is 19.8 Å². The van der Waals surface area contributed by atoms with Crippen molar-refractivity contribution < 1.29 is 9.53 Å². The summed E-state index contributed by atoms with van der Waals surface area (Å²) < 4.78 is 5.23. The number of rotatable bonds is 3. The highest BCUT2D eigenvalue weighted by atomic mass is 16.5. The van der Waals surface area contributed by atoms with Crippen LogP contribution in [0, 0.1) is 11.8 Å². The minimum Gasteiger partial charge on any atom is -0.463 e. The Morgan fingerprint density at radius 3 is 2.69 bits per heavy atom. The molecule has 2 unspecified atom stereocenters. The van der Waals surface area contributed by atoms with Crippen LogP contribution in [0.25, 0.3) is 0 Å². The van der Waals surface area contributed by atoms with Crippen LogP contribution in [0.15, 0.2) is 0 Å². The Balaban J connectivity index is 2.45. The number of esters is 1. The van der Waals surface area contributed by atoms with E-state index in [1.54, 1.807) is 0 Å². The van der Waals surface area contributed by atoms with Crippen LogP contribution in [-0.4, -0.2) is 12.1 Å². The maximum absolute atomic E-state index is 11.6. The third-order valence-electron chi connectivity index (χ3n) is 2.84. The van der Waals surface area contributed by atoms with Crippen molar-refractivity contribution in [1.29, 1.82) is 0 Å². The van der Waals surface area contributed by atoms with Gasteiger partial charge in [-0.2, -0.15) is 0 Å². The summed E-state index contributed by atoms with van der Waals surface area (Å²) >= 11 is 0. The van der Waals surface area contributed by atoms with E-state index in [1.165, 1.54) is 12.8 Å². The van der Waals surface area contributed by atoms with Crippen molar-refractivity contribution >= 4 is 5.97 Å². The second-order valence-electron chi connectivity index (χ2n) is 4.19. The smallest absolute Gasteiger partial charge is 0.309 e. The Bertz CT molecular complexity index is 175. The van der Waals surface area contributed by atoms with E-state index < -0.39 is 0 Å². The Morgan fingerprint density at radius 1 is 1.46 bits per heavy atom. The fourth-order valence-corrected chi connectivity index (χ4v) is 2.16. The number of hydrogen-bond acceptors (Lipinski definition) is 2. The van der Waals surface area contributed by atoms with Gasteiger partial charge in [0.05, 0.1) is 12.0 Å². The highest BCUT2D eigenvalue weighted by Gasteiger charge is 2.32. The zero-order valence-electron chi connectivity index (χ0n) is 8.88. The van der Waals surface area contributed by atoms with Crippen LogP contribution < -0.4 is 0 Å². The van der Waals surface area contributed by atoms with Crippen molar-refractivity contribution in [2.75, 3.05) is 0 Å². The van der Waals surface area contributed by atoms with E-state index in [-0.39, 0.29) is 18.0 Å². The summed E-state index contributed by atoms with van der Waals surface area (Å²) in [6, 6.07) is 0. The van der Waals surface area contributed by atoms with Crippen molar-refractivity contribution in [3.8, 4) is 0 Å². The van der Waals surface area contributed by atoms with E-state index in [2.05, 4.69) is 6.92 Å². The van der Waals surface area contributed by atoms with Crippen molar-refractivity contribution in [1.82, 2.24) is 0 Å². The molecule has 0 aromatic carbocycles. The van der Waals surface area contributed by atoms with Gasteiger partial charge < -0.3 is 4.74 Å². The van der Waals surface area contributed by atoms with Gasteiger partial charge in [-0.25, -0.2) is 0 Å². The Hall–Kier alpha value is -0.530. The summed E-state index contributed by atoms with van der Waals surface area (Å²) in [7, 11) is 0. The topological polar surface area (TPSA) is 26.3 Å². The summed E-state index contributed by atoms with van der Waals surface area (Å²) in [6.07, 6.45) is 4.57. The molecule has 0 amide bonds. The molecule has 2 nitrogen and oxygen atoms in total. The number of ether oxygens (including phenoxy) is 1. The highest BCUT2D eigenvalue weighted by molar-refractivity contribution is 5.73. The molecule has 1 saturated carbocycles. The lowest BCUT2D eigenvalue weighted by Gasteiger charge is -2.18. The lowest BCUT2D eigenvalue weighted by Crippen LogP contribution is -2.23. The second kappa shape index (κ2) is 4.64. The number of carbonyl (C=O) groups is 1. The molecule has 0 aromatic heterocycles. The van der Waals surface area contributed by atoms with Gasteiger partial charge in [0, 0.05) is 0 Å². The summed E-state index contributed by atoms with van der Waals surface area (Å²) in [4.78, 5) is 11.6. The van der Waals surface area contributed by atoms with Gasteiger partial charge in [-0.05, 0) is 32.6 Å². The van der Waals surface area contributed by atoms with Gasteiger partial charge in [0.25, 0.3) is 0 Å². The van der Waals surface area contributed by atoms with E-state index in [0.717, 1.165) is 12.8 Å². The maximum Gasteiger partial charge on any atom is 0.309 e. The summed E-state index contributed by atoms with van der Waals surface area (Å²) in [6.45, 7) is 5.98. The molecule has 76 valence electrons. The molecule has 1 aliphatic carbocycles. The van der Waals surface area contributed by atoms with Crippen LogP contribution in [0.3, 0.4) is 0 Å². The van der Waals surface area contributed by atoms with Crippen LogP contribution in [-0.2, 0) is 9.53 Å². The minimum absolute atomic E-state index is 0.0272. The Morgan fingerprint density at radius 2 is 2.15 bits per heavy atom. The molecule has 0 spiro atoms. The number of carbonyl (C=O) groups excluding carboxylic acids is 1. The molecular weight excluding hydrogens is 164 g/mol. The molecule has 1 rings (SSSR count).